The van der Waals surface area contributed by atoms with Crippen LogP contribution >= 0.6 is 34.9 Å². The summed E-state index contributed by atoms with van der Waals surface area (Å²) in [5.41, 5.74) is 6.16. The van der Waals surface area contributed by atoms with Gasteiger partial charge in [-0.05, 0) is 18.1 Å². The lowest BCUT2D eigenvalue weighted by Crippen LogP contribution is -1.84. The molecule has 0 saturated heterocycles. The lowest BCUT2D eigenvalue weighted by Gasteiger charge is -2.05. The van der Waals surface area contributed by atoms with Crippen LogP contribution in [-0.2, 0) is 0 Å². The van der Waals surface area contributed by atoms with Gasteiger partial charge in [0.05, 0.1) is 9.93 Å². The minimum atomic E-state index is 0.641. The third-order valence-corrected chi connectivity index (χ3v) is 8.60. The summed E-state index contributed by atoms with van der Waals surface area (Å²) in [4.78, 5) is 7.18. The van der Waals surface area contributed by atoms with E-state index in [0.717, 1.165) is 31.6 Å². The molecule has 0 radical (unpaired) electrons. The summed E-state index contributed by atoms with van der Waals surface area (Å²) in [7, 11) is 0. The first-order valence-corrected chi connectivity index (χ1v) is 12.6. The molecular formula is C27H18N2S3. The van der Waals surface area contributed by atoms with E-state index < -0.39 is 0 Å². The van der Waals surface area contributed by atoms with Gasteiger partial charge in [0.15, 0.2) is 0 Å². The molecule has 154 valence electrons. The number of aryl methyl sites for hydroxylation is 1. The number of nitriles is 1. The molecular weight excluding hydrogens is 449 g/mol. The van der Waals surface area contributed by atoms with E-state index in [1.165, 1.54) is 26.7 Å². The number of hydrogen-bond acceptors (Lipinski definition) is 5. The maximum absolute atomic E-state index is 10.1. The predicted molar refractivity (Wildman–Crippen MR) is 140 cm³/mol. The van der Waals surface area contributed by atoms with Gasteiger partial charge < -0.3 is 0 Å². The zero-order valence-corrected chi connectivity index (χ0v) is 19.7. The number of benzene rings is 3. The first-order chi connectivity index (χ1) is 15.7. The first kappa shape index (κ1) is 20.8. The number of allylic oxidation sites excluding steroid dienone is 1. The van der Waals surface area contributed by atoms with E-state index in [1.54, 1.807) is 23.5 Å². The molecule has 0 amide bonds. The zero-order valence-electron chi connectivity index (χ0n) is 17.3. The second-order valence-corrected chi connectivity index (χ2v) is 10.4. The average molecular weight is 467 g/mol. The van der Waals surface area contributed by atoms with Gasteiger partial charge in [-0.2, -0.15) is 5.26 Å². The minimum Gasteiger partial charge on any atom is -0.235 e. The van der Waals surface area contributed by atoms with Crippen LogP contribution in [0.5, 0.6) is 0 Å². The summed E-state index contributed by atoms with van der Waals surface area (Å²) < 4.78 is 0.981. The normalized spacial score (nSPS) is 13.3. The van der Waals surface area contributed by atoms with Crippen molar-refractivity contribution >= 4 is 50.2 Å². The van der Waals surface area contributed by atoms with Crippen LogP contribution in [0.4, 0.5) is 0 Å². The summed E-state index contributed by atoms with van der Waals surface area (Å²) in [6, 6.07) is 31.5. The van der Waals surface area contributed by atoms with E-state index >= 15 is 0 Å². The highest BCUT2D eigenvalue weighted by atomic mass is 32.2. The molecule has 0 unspecified atom stereocenters. The summed E-state index contributed by atoms with van der Waals surface area (Å²) in [6.45, 7) is 2.07. The summed E-state index contributed by atoms with van der Waals surface area (Å²) in [6.07, 6.45) is 0. The molecule has 2 nitrogen and oxygen atoms in total. The molecule has 3 aromatic carbocycles. The van der Waals surface area contributed by atoms with E-state index in [-0.39, 0.29) is 0 Å². The minimum absolute atomic E-state index is 0.641. The van der Waals surface area contributed by atoms with Crippen molar-refractivity contribution in [3.63, 3.8) is 0 Å². The van der Waals surface area contributed by atoms with Gasteiger partial charge in [-0.15, -0.1) is 11.3 Å². The van der Waals surface area contributed by atoms with E-state index in [2.05, 4.69) is 85.8 Å². The van der Waals surface area contributed by atoms with E-state index in [1.807, 2.05) is 17.5 Å². The van der Waals surface area contributed by atoms with E-state index in [4.69, 9.17) is 4.98 Å². The second kappa shape index (κ2) is 9.22. The molecule has 0 saturated carbocycles. The summed E-state index contributed by atoms with van der Waals surface area (Å²) in [5, 5.41) is 12.9. The largest absolute Gasteiger partial charge is 0.235 e. The maximum atomic E-state index is 10.1. The topological polar surface area (TPSA) is 36.7 Å². The maximum Gasteiger partial charge on any atom is 0.136 e. The Morgan fingerprint density at radius 3 is 1.84 bits per heavy atom. The predicted octanol–water partition coefficient (Wildman–Crippen LogP) is 8.32. The van der Waals surface area contributed by atoms with Crippen LogP contribution in [0.15, 0.2) is 94.5 Å². The zero-order chi connectivity index (χ0) is 21.9. The fourth-order valence-corrected chi connectivity index (χ4v) is 7.05. The lowest BCUT2D eigenvalue weighted by molar-refractivity contribution is 1.36. The third kappa shape index (κ3) is 4.18. The SMILES string of the molecule is Cc1ccc(-c2csc(C(C#N)=C3SC(c4ccccc4)=C(c4ccccc4)S3)n2)cc1. The number of thioether (sulfide) groups is 2. The van der Waals surface area contributed by atoms with Gasteiger partial charge in [-0.25, -0.2) is 4.98 Å². The highest BCUT2D eigenvalue weighted by Crippen LogP contribution is 2.59. The Bertz CT molecular complexity index is 1310. The smallest absolute Gasteiger partial charge is 0.136 e. The summed E-state index contributed by atoms with van der Waals surface area (Å²) in [5.74, 6) is 0. The molecule has 2 heterocycles. The van der Waals surface area contributed by atoms with Crippen molar-refractivity contribution in [2.24, 2.45) is 0 Å². The van der Waals surface area contributed by atoms with Crippen molar-refractivity contribution in [1.29, 1.82) is 5.26 Å². The van der Waals surface area contributed by atoms with Crippen LogP contribution in [0.3, 0.4) is 0 Å². The van der Waals surface area contributed by atoms with Crippen LogP contribution in [-0.4, -0.2) is 4.98 Å². The fourth-order valence-electron chi connectivity index (χ4n) is 3.39. The van der Waals surface area contributed by atoms with Crippen LogP contribution < -0.4 is 0 Å². The third-order valence-electron chi connectivity index (χ3n) is 5.05. The molecule has 0 bridgehead atoms. The first-order valence-electron chi connectivity index (χ1n) is 10.1. The molecule has 0 spiro atoms. The van der Waals surface area contributed by atoms with Gasteiger partial charge >= 0.3 is 0 Å². The molecule has 1 aromatic heterocycles. The van der Waals surface area contributed by atoms with Gasteiger partial charge in [0.2, 0.25) is 0 Å². The van der Waals surface area contributed by atoms with Crippen molar-refractivity contribution in [3.8, 4) is 17.3 Å². The number of hydrogen-bond donors (Lipinski definition) is 0. The van der Waals surface area contributed by atoms with Crippen molar-refractivity contribution in [2.45, 2.75) is 6.92 Å². The molecule has 0 aliphatic carbocycles. The quantitative estimate of drug-likeness (QED) is 0.283. The van der Waals surface area contributed by atoms with E-state index in [0.29, 0.717) is 5.57 Å². The lowest BCUT2D eigenvalue weighted by atomic mass is 10.1. The number of thiazole rings is 1. The Labute approximate surface area is 200 Å². The Morgan fingerprint density at radius 1 is 0.750 bits per heavy atom. The monoisotopic (exact) mass is 466 g/mol. The Balaban J connectivity index is 1.55. The van der Waals surface area contributed by atoms with E-state index in [9.17, 15) is 5.26 Å². The average Bonchev–Trinajstić information content (AvgIpc) is 3.50. The van der Waals surface area contributed by atoms with Gasteiger partial charge in [0.1, 0.15) is 16.6 Å². The molecule has 4 aromatic rings. The molecule has 5 rings (SSSR count). The van der Waals surface area contributed by atoms with Gasteiger partial charge in [-0.3, -0.25) is 0 Å². The molecule has 0 fully saturated rings. The van der Waals surface area contributed by atoms with Crippen LogP contribution in [0.2, 0.25) is 0 Å². The Hall–Kier alpha value is -3.04. The van der Waals surface area contributed by atoms with Gasteiger partial charge in [0, 0.05) is 20.8 Å². The molecule has 0 atom stereocenters. The molecule has 0 N–H and O–H groups in total. The summed E-state index contributed by atoms with van der Waals surface area (Å²) >= 11 is 4.86. The molecule has 5 heteroatoms. The van der Waals surface area contributed by atoms with Crippen molar-refractivity contribution in [2.75, 3.05) is 0 Å². The second-order valence-electron chi connectivity index (χ2n) is 7.27. The Morgan fingerprint density at radius 2 is 1.31 bits per heavy atom. The molecule has 1 aliphatic rings. The van der Waals surface area contributed by atoms with Crippen LogP contribution in [0.25, 0.3) is 26.6 Å². The van der Waals surface area contributed by atoms with Crippen molar-refractivity contribution < 1.29 is 0 Å². The van der Waals surface area contributed by atoms with Crippen LogP contribution in [0.1, 0.15) is 21.7 Å². The highest BCUT2D eigenvalue weighted by Gasteiger charge is 2.27. The standard InChI is InChI=1S/C27H18N2S3/c1-18-12-14-19(15-13-18)23-17-30-26(29-23)22(16-28)27-31-24(20-8-4-2-5-9-20)25(32-27)21-10-6-3-7-11-21/h2-15,17H,1H3. The highest BCUT2D eigenvalue weighted by molar-refractivity contribution is 8.34. The Kier molecular flexibility index (Phi) is 6.00. The number of rotatable bonds is 4. The molecule has 32 heavy (non-hydrogen) atoms. The molecule has 1 aliphatic heterocycles. The van der Waals surface area contributed by atoms with Gasteiger partial charge in [-0.1, -0.05) is 114 Å². The number of aromatic nitrogens is 1. The number of nitrogens with zero attached hydrogens (tertiary/aromatic N) is 2. The van der Waals surface area contributed by atoms with Crippen molar-refractivity contribution in [1.82, 2.24) is 4.98 Å². The van der Waals surface area contributed by atoms with Crippen LogP contribution in [0, 0.1) is 18.3 Å². The van der Waals surface area contributed by atoms with Crippen molar-refractivity contribution in [3.05, 3.63) is 116 Å². The van der Waals surface area contributed by atoms with Gasteiger partial charge in [0.25, 0.3) is 0 Å². The fraction of sp³-hybridized carbons (Fsp3) is 0.0370.